The molecule has 0 radical (unpaired) electrons. The van der Waals surface area contributed by atoms with Crippen LogP contribution in [0.15, 0.2) is 0 Å². The van der Waals surface area contributed by atoms with Gasteiger partial charge < -0.3 is 10.1 Å². The zero-order valence-corrected chi connectivity index (χ0v) is 8.63. The molecule has 0 spiro atoms. The number of alkyl halides is 3. The van der Waals surface area contributed by atoms with Gasteiger partial charge in [0.2, 0.25) is 0 Å². The molecule has 5 nitrogen and oxygen atoms in total. The van der Waals surface area contributed by atoms with Crippen LogP contribution in [0.25, 0.3) is 0 Å². The second-order valence-electron chi connectivity index (χ2n) is 3.42. The molecule has 2 N–H and O–H groups in total. The number of rotatable bonds is 4. The maximum atomic E-state index is 11.7. The van der Waals surface area contributed by atoms with Crippen LogP contribution in [0.5, 0.6) is 0 Å². The minimum absolute atomic E-state index is 0.0987. The molecule has 1 amide bonds. The van der Waals surface area contributed by atoms with Crippen LogP contribution in [0.4, 0.5) is 13.2 Å². The highest BCUT2D eigenvalue weighted by atomic mass is 19.4. The fourth-order valence-electron chi connectivity index (χ4n) is 1.34. The van der Waals surface area contributed by atoms with Gasteiger partial charge in [-0.15, -0.1) is 0 Å². The van der Waals surface area contributed by atoms with Gasteiger partial charge >= 0.3 is 6.18 Å². The fourth-order valence-corrected chi connectivity index (χ4v) is 1.34. The van der Waals surface area contributed by atoms with Gasteiger partial charge in [0, 0.05) is 13.7 Å². The number of carbonyl (C=O) groups is 1. The third-order valence-corrected chi connectivity index (χ3v) is 2.15. The van der Waals surface area contributed by atoms with E-state index in [1.54, 1.807) is 5.48 Å². The summed E-state index contributed by atoms with van der Waals surface area (Å²) in [6, 6.07) is -0.571. The maximum Gasteiger partial charge on any atom is 0.414 e. The number of carbonyl (C=O) groups excluding carboxylic acids is 1. The van der Waals surface area contributed by atoms with Crippen molar-refractivity contribution in [2.45, 2.75) is 24.7 Å². The number of ether oxygens (including phenoxy) is 1. The first-order valence-corrected chi connectivity index (χ1v) is 4.67. The van der Waals surface area contributed by atoms with Gasteiger partial charge in [-0.25, -0.2) is 5.48 Å². The first kappa shape index (κ1) is 13.2. The summed E-state index contributed by atoms with van der Waals surface area (Å²) in [4.78, 5) is 15.3. The molecule has 94 valence electrons. The molecular formula is C8H13F3N2O3. The van der Waals surface area contributed by atoms with E-state index in [9.17, 15) is 18.0 Å². The maximum absolute atomic E-state index is 11.7. The predicted octanol–water partition coefficient (Wildman–Crippen LogP) is -0.0266. The minimum atomic E-state index is -4.45. The van der Waals surface area contributed by atoms with E-state index >= 15 is 0 Å². The Morgan fingerprint density at radius 2 is 2.25 bits per heavy atom. The number of hydrogen-bond donors (Lipinski definition) is 2. The van der Waals surface area contributed by atoms with E-state index in [0.29, 0.717) is 13.0 Å². The lowest BCUT2D eigenvalue weighted by Crippen LogP contribution is -2.41. The van der Waals surface area contributed by atoms with Crippen molar-refractivity contribution in [3.63, 3.8) is 0 Å². The van der Waals surface area contributed by atoms with E-state index < -0.39 is 24.7 Å². The molecule has 1 saturated heterocycles. The van der Waals surface area contributed by atoms with Crippen molar-refractivity contribution in [3.05, 3.63) is 0 Å². The molecule has 1 rings (SSSR count). The number of amides is 1. The molecule has 1 aliphatic heterocycles. The van der Waals surface area contributed by atoms with E-state index in [4.69, 9.17) is 4.74 Å². The third kappa shape index (κ3) is 4.33. The molecule has 0 aromatic rings. The smallest absolute Gasteiger partial charge is 0.380 e. The van der Waals surface area contributed by atoms with Gasteiger partial charge in [0.1, 0.15) is 0 Å². The Bertz CT molecular complexity index is 247. The Morgan fingerprint density at radius 1 is 1.56 bits per heavy atom. The van der Waals surface area contributed by atoms with Crippen molar-refractivity contribution in [1.29, 1.82) is 0 Å². The molecule has 16 heavy (non-hydrogen) atoms. The summed E-state index contributed by atoms with van der Waals surface area (Å²) in [5, 5.41) is 2.81. The van der Waals surface area contributed by atoms with Gasteiger partial charge in [-0.1, -0.05) is 0 Å². The minimum Gasteiger partial charge on any atom is -0.380 e. The zero-order chi connectivity index (χ0) is 12.2. The molecule has 8 heteroatoms. The Hall–Kier alpha value is -0.860. The molecule has 0 bridgehead atoms. The van der Waals surface area contributed by atoms with Gasteiger partial charge in [-0.3, -0.25) is 9.63 Å². The summed E-state index contributed by atoms with van der Waals surface area (Å²) in [5.41, 5.74) is 1.75. The summed E-state index contributed by atoms with van der Waals surface area (Å²) >= 11 is 0. The van der Waals surface area contributed by atoms with Crippen LogP contribution in [0.3, 0.4) is 0 Å². The predicted molar refractivity (Wildman–Crippen MR) is 47.4 cm³/mol. The van der Waals surface area contributed by atoms with Gasteiger partial charge in [-0.05, 0) is 6.42 Å². The summed E-state index contributed by atoms with van der Waals surface area (Å²) in [5.74, 6) is -0.621. The Morgan fingerprint density at radius 3 is 2.75 bits per heavy atom. The summed E-state index contributed by atoms with van der Waals surface area (Å²) in [7, 11) is 1.51. The summed E-state index contributed by atoms with van der Waals surface area (Å²) in [6.07, 6.45) is -4.14. The molecule has 0 aliphatic carbocycles. The van der Waals surface area contributed by atoms with E-state index in [-0.39, 0.29) is 6.10 Å². The largest absolute Gasteiger partial charge is 0.414 e. The van der Waals surface area contributed by atoms with E-state index in [1.165, 1.54) is 7.11 Å². The molecule has 2 unspecified atom stereocenters. The molecule has 0 saturated carbocycles. The van der Waals surface area contributed by atoms with Crippen LogP contribution in [0.2, 0.25) is 0 Å². The van der Waals surface area contributed by atoms with Crippen LogP contribution in [-0.4, -0.2) is 44.5 Å². The Kier molecular flexibility index (Phi) is 4.51. The lowest BCUT2D eigenvalue weighted by molar-refractivity contribution is -0.192. The van der Waals surface area contributed by atoms with Crippen molar-refractivity contribution in [2.24, 2.45) is 0 Å². The quantitative estimate of drug-likeness (QED) is 0.680. The van der Waals surface area contributed by atoms with Crippen LogP contribution in [0, 0.1) is 0 Å². The molecule has 1 fully saturated rings. The normalized spacial score (nSPS) is 25.8. The van der Waals surface area contributed by atoms with Crippen LogP contribution >= 0.6 is 0 Å². The lowest BCUT2D eigenvalue weighted by atomic mass is 10.2. The average Bonchev–Trinajstić information content (AvgIpc) is 2.63. The number of nitrogens with one attached hydrogen (secondary N) is 2. The van der Waals surface area contributed by atoms with Gasteiger partial charge in [0.05, 0.1) is 12.1 Å². The molecule has 1 aliphatic rings. The highest BCUT2D eigenvalue weighted by molar-refractivity contribution is 5.81. The summed E-state index contributed by atoms with van der Waals surface area (Å²) in [6.45, 7) is -1.01. The Labute approximate surface area is 90.2 Å². The number of halogens is 3. The van der Waals surface area contributed by atoms with Crippen LogP contribution in [0.1, 0.15) is 6.42 Å². The second kappa shape index (κ2) is 5.46. The molecular weight excluding hydrogens is 229 g/mol. The number of hydrogen-bond acceptors (Lipinski definition) is 4. The van der Waals surface area contributed by atoms with Gasteiger partial charge in [-0.2, -0.15) is 13.2 Å². The third-order valence-electron chi connectivity index (χ3n) is 2.15. The van der Waals surface area contributed by atoms with E-state index in [2.05, 4.69) is 10.2 Å². The van der Waals surface area contributed by atoms with Crippen LogP contribution < -0.4 is 10.8 Å². The van der Waals surface area contributed by atoms with Crippen molar-refractivity contribution in [2.75, 3.05) is 20.3 Å². The SMILES string of the molecule is COC1CNC(C(=O)NOCC(F)(F)F)C1. The van der Waals surface area contributed by atoms with E-state index in [0.717, 1.165) is 0 Å². The first-order chi connectivity index (χ1) is 7.42. The zero-order valence-electron chi connectivity index (χ0n) is 8.63. The fraction of sp³-hybridized carbons (Fsp3) is 0.875. The Balaban J connectivity index is 2.21. The van der Waals surface area contributed by atoms with Crippen molar-refractivity contribution in [1.82, 2.24) is 10.8 Å². The highest BCUT2D eigenvalue weighted by Crippen LogP contribution is 2.14. The monoisotopic (exact) mass is 242 g/mol. The highest BCUT2D eigenvalue weighted by Gasteiger charge is 2.31. The molecule has 1 heterocycles. The lowest BCUT2D eigenvalue weighted by Gasteiger charge is -2.12. The second-order valence-corrected chi connectivity index (χ2v) is 3.42. The van der Waals surface area contributed by atoms with Crippen LogP contribution in [-0.2, 0) is 14.4 Å². The topological polar surface area (TPSA) is 59.6 Å². The first-order valence-electron chi connectivity index (χ1n) is 4.67. The standard InChI is InChI=1S/C8H13F3N2O3/c1-15-5-2-6(12-3-5)7(14)13-16-4-8(9,10)11/h5-6,12H,2-4H2,1H3,(H,13,14). The number of hydroxylamine groups is 1. The molecule has 0 aromatic carbocycles. The van der Waals surface area contributed by atoms with Gasteiger partial charge in [0.15, 0.2) is 6.61 Å². The molecule has 2 atom stereocenters. The van der Waals surface area contributed by atoms with Gasteiger partial charge in [0.25, 0.3) is 5.91 Å². The van der Waals surface area contributed by atoms with Crippen molar-refractivity contribution in [3.8, 4) is 0 Å². The summed E-state index contributed by atoms with van der Waals surface area (Å²) < 4.78 is 40.1. The van der Waals surface area contributed by atoms with Crippen molar-refractivity contribution >= 4 is 5.91 Å². The number of methoxy groups -OCH3 is 1. The average molecular weight is 242 g/mol. The molecule has 0 aromatic heterocycles. The van der Waals surface area contributed by atoms with Crippen molar-refractivity contribution < 1.29 is 27.5 Å². The van der Waals surface area contributed by atoms with E-state index in [1.807, 2.05) is 0 Å².